The Morgan fingerprint density at radius 1 is 1.10 bits per heavy atom. The average molecular weight is 266 g/mol. The molecule has 0 amide bonds. The second-order valence-corrected chi connectivity index (χ2v) is 4.46. The average Bonchev–Trinajstić information content (AvgIpc) is 3.01. The summed E-state index contributed by atoms with van der Waals surface area (Å²) in [6, 6.07) is 12.0. The van der Waals surface area contributed by atoms with Crippen LogP contribution in [0.2, 0.25) is 0 Å². The predicted octanol–water partition coefficient (Wildman–Crippen LogP) is 1.98. The van der Waals surface area contributed by atoms with Gasteiger partial charge in [-0.3, -0.25) is 4.98 Å². The van der Waals surface area contributed by atoms with Gasteiger partial charge in [0.2, 0.25) is 0 Å². The molecule has 0 spiro atoms. The van der Waals surface area contributed by atoms with E-state index in [-0.39, 0.29) is 0 Å². The molecule has 0 aliphatic heterocycles. The Balaban J connectivity index is 1.65. The molecule has 6 heteroatoms. The van der Waals surface area contributed by atoms with Gasteiger partial charge in [0.15, 0.2) is 0 Å². The maximum Gasteiger partial charge on any atom is 0.143 e. The maximum absolute atomic E-state index is 4.27. The molecule has 2 aromatic heterocycles. The van der Waals surface area contributed by atoms with E-state index in [1.54, 1.807) is 11.0 Å². The number of hydrogen-bond donors (Lipinski definition) is 1. The van der Waals surface area contributed by atoms with E-state index in [1.165, 1.54) is 0 Å². The number of tetrazole rings is 1. The summed E-state index contributed by atoms with van der Waals surface area (Å²) in [5.74, 6) is 0. The van der Waals surface area contributed by atoms with Crippen molar-refractivity contribution in [2.75, 3.05) is 5.32 Å². The summed E-state index contributed by atoms with van der Waals surface area (Å²) in [5.41, 5.74) is 4.15. The van der Waals surface area contributed by atoms with Crippen LogP contribution in [0.15, 0.2) is 48.9 Å². The topological polar surface area (TPSA) is 68.5 Å². The van der Waals surface area contributed by atoms with Gasteiger partial charge in [0.25, 0.3) is 0 Å². The number of benzene rings is 1. The summed E-state index contributed by atoms with van der Waals surface area (Å²) < 4.78 is 1.62. The molecule has 0 aliphatic rings. The molecule has 1 aromatic carbocycles. The van der Waals surface area contributed by atoms with E-state index in [9.17, 15) is 0 Å². The molecular weight excluding hydrogens is 252 g/mol. The molecule has 3 aromatic rings. The van der Waals surface area contributed by atoms with Crippen LogP contribution < -0.4 is 5.32 Å². The lowest BCUT2D eigenvalue weighted by molar-refractivity contribution is 0.789. The third-order valence-corrected chi connectivity index (χ3v) is 2.95. The van der Waals surface area contributed by atoms with E-state index in [0.29, 0.717) is 0 Å². The van der Waals surface area contributed by atoms with E-state index in [4.69, 9.17) is 0 Å². The lowest BCUT2D eigenvalue weighted by Crippen LogP contribution is -2.01. The monoisotopic (exact) mass is 266 g/mol. The Hall–Kier alpha value is -2.76. The van der Waals surface area contributed by atoms with E-state index >= 15 is 0 Å². The minimum Gasteiger partial charge on any atom is -0.381 e. The first-order valence-corrected chi connectivity index (χ1v) is 6.30. The highest BCUT2D eigenvalue weighted by Gasteiger charge is 1.99. The maximum atomic E-state index is 4.27. The highest BCUT2D eigenvalue weighted by Crippen LogP contribution is 2.13. The fourth-order valence-corrected chi connectivity index (χ4v) is 1.82. The van der Waals surface area contributed by atoms with Gasteiger partial charge < -0.3 is 5.32 Å². The van der Waals surface area contributed by atoms with E-state index in [0.717, 1.165) is 29.2 Å². The van der Waals surface area contributed by atoms with Gasteiger partial charge in [0.05, 0.1) is 5.69 Å². The van der Waals surface area contributed by atoms with Gasteiger partial charge in [-0.1, -0.05) is 6.07 Å². The first-order chi connectivity index (χ1) is 9.81. The Labute approximate surface area is 116 Å². The summed E-state index contributed by atoms with van der Waals surface area (Å²) in [6.45, 7) is 2.73. The van der Waals surface area contributed by atoms with Gasteiger partial charge in [-0.15, -0.1) is 5.10 Å². The zero-order valence-corrected chi connectivity index (χ0v) is 11.1. The van der Waals surface area contributed by atoms with Gasteiger partial charge in [0, 0.05) is 24.1 Å². The first-order valence-electron chi connectivity index (χ1n) is 6.30. The largest absolute Gasteiger partial charge is 0.381 e. The van der Waals surface area contributed by atoms with Crippen LogP contribution in [-0.2, 0) is 6.54 Å². The minimum atomic E-state index is 0.748. The number of pyridine rings is 1. The summed E-state index contributed by atoms with van der Waals surface area (Å²) in [5, 5.41) is 14.4. The SMILES string of the molecule is Cc1ccc(CNc2ccc(-n3cnnn3)cc2)cn1. The van der Waals surface area contributed by atoms with Crippen molar-refractivity contribution in [2.45, 2.75) is 13.5 Å². The molecule has 1 N–H and O–H groups in total. The number of rotatable bonds is 4. The number of aryl methyl sites for hydroxylation is 1. The summed E-state index contributed by atoms with van der Waals surface area (Å²) >= 11 is 0. The van der Waals surface area contributed by atoms with Crippen molar-refractivity contribution in [1.82, 2.24) is 25.2 Å². The normalized spacial score (nSPS) is 10.4. The molecule has 100 valence electrons. The molecule has 3 rings (SSSR count). The van der Waals surface area contributed by atoms with Crippen LogP contribution in [0.1, 0.15) is 11.3 Å². The molecule has 0 saturated heterocycles. The van der Waals surface area contributed by atoms with Crippen molar-refractivity contribution in [2.24, 2.45) is 0 Å². The second-order valence-electron chi connectivity index (χ2n) is 4.46. The number of anilines is 1. The molecule has 6 nitrogen and oxygen atoms in total. The van der Waals surface area contributed by atoms with Gasteiger partial charge >= 0.3 is 0 Å². The van der Waals surface area contributed by atoms with Gasteiger partial charge in [-0.05, 0) is 53.2 Å². The molecule has 0 saturated carbocycles. The predicted molar refractivity (Wildman–Crippen MR) is 75.5 cm³/mol. The third-order valence-electron chi connectivity index (χ3n) is 2.95. The zero-order valence-electron chi connectivity index (χ0n) is 11.1. The molecule has 20 heavy (non-hydrogen) atoms. The number of nitrogens with zero attached hydrogens (tertiary/aromatic N) is 5. The second kappa shape index (κ2) is 5.48. The molecule has 0 radical (unpaired) electrons. The first kappa shape index (κ1) is 12.3. The number of aromatic nitrogens is 5. The Bertz CT molecular complexity index is 658. The fraction of sp³-hybridized carbons (Fsp3) is 0.143. The number of hydrogen-bond acceptors (Lipinski definition) is 5. The highest BCUT2D eigenvalue weighted by atomic mass is 15.5. The van der Waals surface area contributed by atoms with Crippen molar-refractivity contribution in [3.05, 3.63) is 60.2 Å². The van der Waals surface area contributed by atoms with E-state index < -0.39 is 0 Å². The minimum absolute atomic E-state index is 0.748. The van der Waals surface area contributed by atoms with Crippen molar-refractivity contribution >= 4 is 5.69 Å². The molecule has 0 aliphatic carbocycles. The molecule has 0 unspecified atom stereocenters. The molecule has 0 bridgehead atoms. The van der Waals surface area contributed by atoms with Crippen LogP contribution in [0.3, 0.4) is 0 Å². The summed E-state index contributed by atoms with van der Waals surface area (Å²) in [7, 11) is 0. The quantitative estimate of drug-likeness (QED) is 0.782. The Kier molecular flexibility index (Phi) is 3.36. The van der Waals surface area contributed by atoms with Crippen LogP contribution >= 0.6 is 0 Å². The lowest BCUT2D eigenvalue weighted by atomic mass is 10.2. The summed E-state index contributed by atoms with van der Waals surface area (Å²) in [6.07, 6.45) is 3.46. The molecule has 0 atom stereocenters. The smallest absolute Gasteiger partial charge is 0.143 e. The van der Waals surface area contributed by atoms with Crippen LogP contribution in [0, 0.1) is 6.92 Å². The van der Waals surface area contributed by atoms with E-state index in [2.05, 4.69) is 31.9 Å². The zero-order chi connectivity index (χ0) is 13.8. The van der Waals surface area contributed by atoms with Gasteiger partial charge in [0.1, 0.15) is 6.33 Å². The van der Waals surface area contributed by atoms with E-state index in [1.807, 2.05) is 43.5 Å². The Morgan fingerprint density at radius 2 is 1.95 bits per heavy atom. The standard InChI is InChI=1S/C14H14N6/c1-11-2-3-12(8-15-11)9-16-13-4-6-14(7-5-13)20-10-17-18-19-20/h2-8,10,16H,9H2,1H3. The van der Waals surface area contributed by atoms with Crippen LogP contribution in [-0.4, -0.2) is 25.2 Å². The van der Waals surface area contributed by atoms with Gasteiger partial charge in [-0.2, -0.15) is 0 Å². The number of nitrogens with one attached hydrogen (secondary N) is 1. The van der Waals surface area contributed by atoms with Gasteiger partial charge in [-0.25, -0.2) is 4.68 Å². The summed E-state index contributed by atoms with van der Waals surface area (Å²) in [4.78, 5) is 4.27. The molecule has 0 fully saturated rings. The van der Waals surface area contributed by atoms with Crippen molar-refractivity contribution in [3.63, 3.8) is 0 Å². The highest BCUT2D eigenvalue weighted by molar-refractivity contribution is 5.48. The van der Waals surface area contributed by atoms with Crippen molar-refractivity contribution in [1.29, 1.82) is 0 Å². The third kappa shape index (κ3) is 2.80. The lowest BCUT2D eigenvalue weighted by Gasteiger charge is -2.07. The van der Waals surface area contributed by atoms with Crippen LogP contribution in [0.5, 0.6) is 0 Å². The van der Waals surface area contributed by atoms with Crippen LogP contribution in [0.25, 0.3) is 5.69 Å². The molecular formula is C14H14N6. The Morgan fingerprint density at radius 3 is 2.60 bits per heavy atom. The molecule has 2 heterocycles. The van der Waals surface area contributed by atoms with Crippen molar-refractivity contribution in [3.8, 4) is 5.69 Å². The van der Waals surface area contributed by atoms with Crippen molar-refractivity contribution < 1.29 is 0 Å². The van der Waals surface area contributed by atoms with Crippen LogP contribution in [0.4, 0.5) is 5.69 Å². The fourth-order valence-electron chi connectivity index (χ4n) is 1.82.